The molecule has 0 fully saturated rings. The number of aromatic nitrogens is 1. The lowest BCUT2D eigenvalue weighted by atomic mass is 9.33. The lowest BCUT2D eigenvalue weighted by Crippen LogP contribution is -2.61. The van der Waals surface area contributed by atoms with E-state index >= 15 is 0 Å². The van der Waals surface area contributed by atoms with Gasteiger partial charge in [-0.15, -0.1) is 0 Å². The van der Waals surface area contributed by atoms with E-state index in [4.69, 9.17) is 0 Å². The maximum Gasteiger partial charge on any atom is 0.252 e. The predicted octanol–water partition coefficient (Wildman–Crippen LogP) is 28.6. The Morgan fingerprint density at radius 3 is 0.974 bits per heavy atom. The van der Waals surface area contributed by atoms with Crippen molar-refractivity contribution in [3.05, 3.63) is 387 Å². The summed E-state index contributed by atoms with van der Waals surface area (Å²) < 4.78 is 2.52. The summed E-state index contributed by atoms with van der Waals surface area (Å²) in [6, 6.07) is 141. The van der Waals surface area contributed by atoms with E-state index in [0.717, 1.165) is 87.5 Å². The van der Waals surface area contributed by atoms with E-state index < -0.39 is 0 Å². The topological polar surface area (TPSA) is 11.4 Å². The van der Waals surface area contributed by atoms with Crippen LogP contribution in [0.2, 0.25) is 0 Å². The maximum atomic E-state index is 2.78. The Morgan fingerprint density at radius 1 is 0.263 bits per heavy atom. The van der Waals surface area contributed by atoms with E-state index in [0.29, 0.717) is 0 Å². The van der Waals surface area contributed by atoms with Crippen molar-refractivity contribution >= 4 is 79.0 Å². The predicted molar refractivity (Wildman–Crippen MR) is 489 cm³/mol. The Balaban J connectivity index is 0.969. The smallest absolute Gasteiger partial charge is 0.252 e. The molecule has 0 unspecified atom stereocenters. The standard InChI is InChI=1S/C110H92BN3/c1-8-9-10-16-31-74-66-104-106-105(67-74)114(108-96(86-58-50-82(51-59-86)77-36-21-13-22-37-77)71-90(110(5,6)7)72-97(108)87-60-52-83(53-61-87)78-38-23-14-24-39-78)103-73-91(112-100-44-29-27-42-92(100)93-43-28-30-45-101(93)112)63-64-98(103)111(106)99-68-88(79-40-25-15-26-41-79)62-65-102(99)113(104)107-94(84-54-46-80(47-55-84)75-32-17-11-18-33-75)69-89(109(2,3)4)70-95(107)85-56-48-81(49-57-85)76-34-19-12-20-35-76/h11-15,17-30,32-73H,8-10,16,31H2,1-7H3. The van der Waals surface area contributed by atoms with Crippen LogP contribution in [0.3, 0.4) is 0 Å². The van der Waals surface area contributed by atoms with Crippen LogP contribution >= 0.6 is 0 Å². The van der Waals surface area contributed by atoms with Gasteiger partial charge in [0, 0.05) is 61.5 Å². The zero-order valence-electron chi connectivity index (χ0n) is 66.2. The third-order valence-electron chi connectivity index (χ3n) is 24.0. The van der Waals surface area contributed by atoms with Gasteiger partial charge in [0.25, 0.3) is 6.71 Å². The van der Waals surface area contributed by atoms with E-state index in [1.165, 1.54) is 139 Å². The molecule has 17 aromatic rings. The van der Waals surface area contributed by atoms with Gasteiger partial charge in [0.15, 0.2) is 0 Å². The molecule has 550 valence electrons. The van der Waals surface area contributed by atoms with Gasteiger partial charge in [-0.25, -0.2) is 0 Å². The van der Waals surface area contributed by atoms with Crippen molar-refractivity contribution in [1.82, 2.24) is 4.57 Å². The van der Waals surface area contributed by atoms with Crippen LogP contribution in [0.25, 0.3) is 128 Å². The molecular weight excluding hydrogens is 1370 g/mol. The van der Waals surface area contributed by atoms with Gasteiger partial charge in [-0.1, -0.05) is 371 Å². The van der Waals surface area contributed by atoms with Crippen molar-refractivity contribution in [2.75, 3.05) is 9.80 Å². The number of para-hydroxylation sites is 2. The summed E-state index contributed by atoms with van der Waals surface area (Å²) in [4.78, 5) is 5.54. The van der Waals surface area contributed by atoms with Gasteiger partial charge in [0.2, 0.25) is 0 Å². The van der Waals surface area contributed by atoms with E-state index in [2.05, 4.69) is 433 Å². The summed E-state index contributed by atoms with van der Waals surface area (Å²) in [6.07, 6.45) is 5.41. The number of hydrogen-bond donors (Lipinski definition) is 0. The summed E-state index contributed by atoms with van der Waals surface area (Å²) in [5, 5.41) is 2.46. The second kappa shape index (κ2) is 29.6. The first-order valence-electron chi connectivity index (χ1n) is 40.9. The van der Waals surface area contributed by atoms with Gasteiger partial charge >= 0.3 is 0 Å². The minimum absolute atomic E-state index is 0.229. The van der Waals surface area contributed by atoms with Gasteiger partial charge < -0.3 is 14.4 Å². The fraction of sp³-hybridized carbons (Fsp3) is 0.127. The number of benzene rings is 16. The number of nitrogens with zero attached hydrogens (tertiary/aromatic N) is 3. The molecule has 0 aliphatic carbocycles. The highest BCUT2D eigenvalue weighted by Crippen LogP contribution is 2.56. The minimum atomic E-state index is -0.246. The zero-order chi connectivity index (χ0) is 77.2. The first kappa shape index (κ1) is 71.3. The van der Waals surface area contributed by atoms with Crippen LogP contribution in [0.15, 0.2) is 370 Å². The first-order valence-corrected chi connectivity index (χ1v) is 40.9. The lowest BCUT2D eigenvalue weighted by molar-refractivity contribution is 0.590. The molecule has 16 aromatic carbocycles. The van der Waals surface area contributed by atoms with Gasteiger partial charge in [-0.05, 0) is 201 Å². The molecule has 2 aliphatic rings. The fourth-order valence-corrected chi connectivity index (χ4v) is 18.0. The second-order valence-electron chi connectivity index (χ2n) is 33.3. The Morgan fingerprint density at radius 2 is 0.596 bits per heavy atom. The van der Waals surface area contributed by atoms with Crippen LogP contribution in [-0.2, 0) is 17.3 Å². The first-order chi connectivity index (χ1) is 55.8. The molecule has 0 saturated carbocycles. The van der Waals surface area contributed by atoms with Crippen molar-refractivity contribution in [3.63, 3.8) is 0 Å². The Bertz CT molecular complexity index is 6150. The number of aryl methyl sites for hydroxylation is 1. The van der Waals surface area contributed by atoms with Crippen LogP contribution < -0.4 is 26.2 Å². The Labute approximate surface area is 672 Å². The van der Waals surface area contributed by atoms with Crippen LogP contribution in [0.5, 0.6) is 0 Å². The fourth-order valence-electron chi connectivity index (χ4n) is 18.0. The third kappa shape index (κ3) is 13.1. The molecular formula is C110H92BN3. The molecule has 4 heteroatoms. The number of fused-ring (bicyclic) bond motifs is 7. The molecule has 0 amide bonds. The number of hydrogen-bond acceptors (Lipinski definition) is 2. The van der Waals surface area contributed by atoms with Gasteiger partial charge in [0.1, 0.15) is 0 Å². The van der Waals surface area contributed by atoms with E-state index in [9.17, 15) is 0 Å². The van der Waals surface area contributed by atoms with Gasteiger partial charge in [0.05, 0.1) is 22.4 Å². The highest BCUT2D eigenvalue weighted by Gasteiger charge is 2.46. The molecule has 0 bridgehead atoms. The van der Waals surface area contributed by atoms with Crippen LogP contribution in [0.4, 0.5) is 34.1 Å². The molecule has 3 heterocycles. The zero-order valence-corrected chi connectivity index (χ0v) is 66.2. The average molecular weight is 1470 g/mol. The summed E-state index contributed by atoms with van der Waals surface area (Å²) in [5.74, 6) is 0. The van der Waals surface area contributed by atoms with Crippen LogP contribution in [0, 0.1) is 0 Å². The summed E-state index contributed by atoms with van der Waals surface area (Å²) >= 11 is 0. The van der Waals surface area contributed by atoms with Crippen molar-refractivity contribution in [2.24, 2.45) is 0 Å². The molecule has 0 N–H and O–H groups in total. The summed E-state index contributed by atoms with van der Waals surface area (Å²) in [6.45, 7) is 16.4. The normalized spacial score (nSPS) is 12.5. The molecule has 2 aliphatic heterocycles. The SMILES string of the molecule is CCCCCCc1cc2c3c(c1)N(c1c(-c4ccc(-c5ccccc5)cc4)cc(C(C)(C)C)cc1-c1ccc(-c4ccccc4)cc1)c1cc(-n4c5ccccc5c5ccccc54)ccc1B3c1cc(-c3ccccc3)ccc1N2c1c(-c2ccc(-c3ccccc3)cc2)cc(C(C)(C)C)cc1-c1ccc(-c2ccccc2)cc1. The van der Waals surface area contributed by atoms with E-state index in [1.807, 2.05) is 0 Å². The largest absolute Gasteiger partial charge is 0.310 e. The van der Waals surface area contributed by atoms with Gasteiger partial charge in [-0.3, -0.25) is 0 Å². The van der Waals surface area contributed by atoms with Crippen molar-refractivity contribution < 1.29 is 0 Å². The highest BCUT2D eigenvalue weighted by molar-refractivity contribution is 7.00. The number of anilines is 6. The van der Waals surface area contributed by atoms with Crippen LogP contribution in [-0.4, -0.2) is 11.3 Å². The molecule has 0 atom stereocenters. The minimum Gasteiger partial charge on any atom is -0.310 e. The molecule has 1 aromatic heterocycles. The summed E-state index contributed by atoms with van der Waals surface area (Å²) in [5.41, 5.74) is 38.6. The summed E-state index contributed by atoms with van der Waals surface area (Å²) in [7, 11) is 0. The number of rotatable bonds is 17. The van der Waals surface area contributed by atoms with Crippen molar-refractivity contribution in [1.29, 1.82) is 0 Å². The molecule has 114 heavy (non-hydrogen) atoms. The van der Waals surface area contributed by atoms with E-state index in [-0.39, 0.29) is 17.5 Å². The Hall–Kier alpha value is -13.0. The monoisotopic (exact) mass is 1470 g/mol. The molecule has 3 nitrogen and oxygen atoms in total. The third-order valence-corrected chi connectivity index (χ3v) is 24.0. The van der Waals surface area contributed by atoms with Gasteiger partial charge in [-0.2, -0.15) is 0 Å². The second-order valence-corrected chi connectivity index (χ2v) is 33.3. The quantitative estimate of drug-likeness (QED) is 0.0665. The van der Waals surface area contributed by atoms with Crippen molar-refractivity contribution in [3.8, 4) is 106 Å². The maximum absolute atomic E-state index is 2.78. The molecule has 19 rings (SSSR count). The molecule has 0 radical (unpaired) electrons. The Kier molecular flexibility index (Phi) is 18.5. The van der Waals surface area contributed by atoms with Crippen molar-refractivity contribution in [2.45, 2.75) is 91.4 Å². The molecule has 0 saturated heterocycles. The van der Waals surface area contributed by atoms with Crippen LogP contribution in [0.1, 0.15) is 90.8 Å². The molecule has 0 spiro atoms. The average Bonchev–Trinajstić information content (AvgIpc) is 0.767. The highest BCUT2D eigenvalue weighted by atomic mass is 15.2. The van der Waals surface area contributed by atoms with E-state index in [1.54, 1.807) is 0 Å². The lowest BCUT2D eigenvalue weighted by Gasteiger charge is -2.46. The number of unbranched alkanes of at least 4 members (excludes halogenated alkanes) is 3.